The number of para-hydroxylation sites is 4. The summed E-state index contributed by atoms with van der Waals surface area (Å²) in [5.41, 5.74) is 10.6. The van der Waals surface area contributed by atoms with Crippen molar-refractivity contribution in [2.75, 3.05) is 0 Å². The molecule has 9 aromatic rings. The largest absolute Gasteiger partial charge is 0.309 e. The van der Waals surface area contributed by atoms with Gasteiger partial charge in [-0.3, -0.25) is 0 Å². The third-order valence-electron chi connectivity index (χ3n) is 9.67. The first-order chi connectivity index (χ1) is 24.7. The van der Waals surface area contributed by atoms with Crippen LogP contribution < -0.4 is 0 Å². The summed E-state index contributed by atoms with van der Waals surface area (Å²) in [6.45, 7) is 0. The normalized spacial score (nSPS) is 11.1. The molecule has 0 saturated carbocycles. The molecule has 50 heavy (non-hydrogen) atoms. The molecule has 0 aliphatic heterocycles. The van der Waals surface area contributed by atoms with Crippen molar-refractivity contribution in [3.63, 3.8) is 0 Å². The first-order valence-electron chi connectivity index (χ1n) is 16.3. The van der Waals surface area contributed by atoms with Crippen molar-refractivity contribution in [3.05, 3.63) is 168 Å². The average molecular weight is 636 g/mol. The van der Waals surface area contributed by atoms with Crippen molar-refractivity contribution < 1.29 is 0 Å². The fraction of sp³-hybridized carbons (Fsp3) is 0. The van der Waals surface area contributed by atoms with Gasteiger partial charge in [-0.05, 0) is 60.7 Å². The van der Waals surface area contributed by atoms with Crippen LogP contribution in [0.5, 0.6) is 0 Å². The van der Waals surface area contributed by atoms with Crippen molar-refractivity contribution in [1.29, 1.82) is 15.8 Å². The van der Waals surface area contributed by atoms with E-state index in [1.807, 2.05) is 97.1 Å². The van der Waals surface area contributed by atoms with Gasteiger partial charge >= 0.3 is 0 Å². The fourth-order valence-electron chi connectivity index (χ4n) is 7.51. The maximum Gasteiger partial charge on any atom is 0.100 e. The minimum atomic E-state index is 0.489. The number of fused-ring (bicyclic) bond motifs is 6. The Balaban J connectivity index is 1.28. The van der Waals surface area contributed by atoms with Crippen LogP contribution in [0.1, 0.15) is 16.7 Å². The third-order valence-corrected chi connectivity index (χ3v) is 9.67. The minimum Gasteiger partial charge on any atom is -0.309 e. The van der Waals surface area contributed by atoms with E-state index in [0.29, 0.717) is 27.8 Å². The summed E-state index contributed by atoms with van der Waals surface area (Å²) < 4.78 is 4.43. The first kappa shape index (κ1) is 28.8. The monoisotopic (exact) mass is 635 g/mol. The molecule has 0 bridgehead atoms. The van der Waals surface area contributed by atoms with Gasteiger partial charge in [-0.1, -0.05) is 91.0 Å². The Morgan fingerprint density at radius 1 is 0.380 bits per heavy atom. The predicted octanol–water partition coefficient (Wildman–Crippen LogP) is 10.8. The van der Waals surface area contributed by atoms with Crippen LogP contribution >= 0.6 is 0 Å². The lowest BCUT2D eigenvalue weighted by atomic mass is 9.89. The predicted molar refractivity (Wildman–Crippen MR) is 200 cm³/mol. The van der Waals surface area contributed by atoms with E-state index in [2.05, 4.69) is 81.9 Å². The van der Waals surface area contributed by atoms with Gasteiger partial charge in [-0.2, -0.15) is 15.8 Å². The van der Waals surface area contributed by atoms with Gasteiger partial charge in [0, 0.05) is 49.5 Å². The van der Waals surface area contributed by atoms with E-state index in [0.717, 1.165) is 66.1 Å². The molecule has 0 atom stereocenters. The summed E-state index contributed by atoms with van der Waals surface area (Å²) in [4.78, 5) is 0. The molecule has 0 saturated heterocycles. The molecule has 0 aliphatic rings. The summed E-state index contributed by atoms with van der Waals surface area (Å²) in [6, 6.07) is 57.6. The van der Waals surface area contributed by atoms with E-state index >= 15 is 0 Å². The van der Waals surface area contributed by atoms with Gasteiger partial charge in [0.05, 0.1) is 56.6 Å². The van der Waals surface area contributed by atoms with Crippen LogP contribution in [-0.4, -0.2) is 9.13 Å². The second-order valence-electron chi connectivity index (χ2n) is 12.3. The maximum atomic E-state index is 10.9. The molecule has 0 fully saturated rings. The standard InChI is InChI=1S/C45H25N5/c46-26-29-20-23-45-39(24-29)37-13-4-8-19-44(37)50(45)43-18-7-1-10-34(43)32-14-9-15-33(40(32)28-48)38-25-31(22-21-30(38)27-47)49-41-16-5-2-11-35(41)36-12-3-6-17-42(36)49/h1-25H. The molecule has 2 aromatic heterocycles. The minimum absolute atomic E-state index is 0.489. The SMILES string of the molecule is N#Cc1ccc2c(c1)c1ccccc1n2-c1ccccc1-c1cccc(-c2cc(-n3c4ccccc4c4ccccc43)ccc2C#N)c1C#N. The highest BCUT2D eigenvalue weighted by molar-refractivity contribution is 6.11. The van der Waals surface area contributed by atoms with Gasteiger partial charge in [0.2, 0.25) is 0 Å². The Morgan fingerprint density at radius 2 is 0.940 bits per heavy atom. The molecule has 5 nitrogen and oxygen atoms in total. The van der Waals surface area contributed by atoms with Crippen LogP contribution in [0.3, 0.4) is 0 Å². The summed E-state index contributed by atoms with van der Waals surface area (Å²) in [5, 5.41) is 35.2. The Hall–Kier alpha value is -7.39. The maximum absolute atomic E-state index is 10.9. The van der Waals surface area contributed by atoms with Crippen molar-refractivity contribution in [1.82, 2.24) is 9.13 Å². The number of aromatic nitrogens is 2. The van der Waals surface area contributed by atoms with Crippen molar-refractivity contribution >= 4 is 43.6 Å². The number of nitrogens with zero attached hydrogens (tertiary/aromatic N) is 5. The van der Waals surface area contributed by atoms with E-state index in [9.17, 15) is 15.8 Å². The van der Waals surface area contributed by atoms with Crippen molar-refractivity contribution in [2.45, 2.75) is 0 Å². The van der Waals surface area contributed by atoms with E-state index < -0.39 is 0 Å². The Bertz CT molecular complexity index is 2920. The molecule has 230 valence electrons. The van der Waals surface area contributed by atoms with Gasteiger partial charge in [0.25, 0.3) is 0 Å². The number of hydrogen-bond acceptors (Lipinski definition) is 3. The van der Waals surface area contributed by atoms with Crippen LogP contribution in [0.25, 0.3) is 77.2 Å². The van der Waals surface area contributed by atoms with E-state index in [1.54, 1.807) is 0 Å². The molecule has 0 radical (unpaired) electrons. The number of rotatable bonds is 4. The zero-order valence-electron chi connectivity index (χ0n) is 26.7. The second kappa shape index (κ2) is 11.4. The van der Waals surface area contributed by atoms with E-state index in [-0.39, 0.29) is 0 Å². The van der Waals surface area contributed by atoms with Gasteiger partial charge < -0.3 is 9.13 Å². The molecule has 0 spiro atoms. The third kappa shape index (κ3) is 4.24. The Kier molecular flexibility index (Phi) is 6.56. The van der Waals surface area contributed by atoms with Gasteiger partial charge in [-0.25, -0.2) is 0 Å². The average Bonchev–Trinajstić information content (AvgIpc) is 3.70. The highest BCUT2D eigenvalue weighted by Gasteiger charge is 2.21. The fourth-order valence-corrected chi connectivity index (χ4v) is 7.51. The topological polar surface area (TPSA) is 81.2 Å². The molecule has 9 rings (SSSR count). The smallest absolute Gasteiger partial charge is 0.100 e. The molecule has 7 aromatic carbocycles. The Labute approximate surface area is 287 Å². The van der Waals surface area contributed by atoms with Crippen LogP contribution in [-0.2, 0) is 0 Å². The van der Waals surface area contributed by atoms with Gasteiger partial charge in [-0.15, -0.1) is 0 Å². The first-order valence-corrected chi connectivity index (χ1v) is 16.3. The van der Waals surface area contributed by atoms with Crippen LogP contribution in [0.4, 0.5) is 0 Å². The lowest BCUT2D eigenvalue weighted by Crippen LogP contribution is -2.00. The van der Waals surface area contributed by atoms with E-state index in [4.69, 9.17) is 0 Å². The van der Waals surface area contributed by atoms with Crippen molar-refractivity contribution in [3.8, 4) is 51.8 Å². The molecule has 5 heteroatoms. The molecular weight excluding hydrogens is 611 g/mol. The molecular formula is C45H25N5. The quantitative estimate of drug-likeness (QED) is 0.193. The lowest BCUT2D eigenvalue weighted by molar-refractivity contribution is 1.18. The molecule has 0 amide bonds. The Morgan fingerprint density at radius 3 is 1.60 bits per heavy atom. The summed E-state index contributed by atoms with van der Waals surface area (Å²) in [5.74, 6) is 0. The molecule has 2 heterocycles. The van der Waals surface area contributed by atoms with Crippen LogP contribution in [0.15, 0.2) is 152 Å². The summed E-state index contributed by atoms with van der Waals surface area (Å²) >= 11 is 0. The van der Waals surface area contributed by atoms with Gasteiger partial charge in [0.1, 0.15) is 6.07 Å². The number of nitriles is 3. The van der Waals surface area contributed by atoms with Gasteiger partial charge in [0.15, 0.2) is 0 Å². The zero-order valence-corrected chi connectivity index (χ0v) is 26.7. The van der Waals surface area contributed by atoms with Crippen LogP contribution in [0, 0.1) is 34.0 Å². The molecule has 0 unspecified atom stereocenters. The molecule has 0 aliphatic carbocycles. The zero-order chi connectivity index (χ0) is 33.8. The lowest BCUT2D eigenvalue weighted by Gasteiger charge is -2.17. The molecule has 0 N–H and O–H groups in total. The number of benzene rings is 7. The summed E-state index contributed by atoms with van der Waals surface area (Å²) in [6.07, 6.45) is 0. The van der Waals surface area contributed by atoms with Crippen molar-refractivity contribution in [2.24, 2.45) is 0 Å². The highest BCUT2D eigenvalue weighted by atomic mass is 15.0. The van der Waals surface area contributed by atoms with Crippen LogP contribution in [0.2, 0.25) is 0 Å². The summed E-state index contributed by atoms with van der Waals surface area (Å²) in [7, 11) is 0. The highest BCUT2D eigenvalue weighted by Crippen LogP contribution is 2.41. The second-order valence-corrected chi connectivity index (χ2v) is 12.3. The van der Waals surface area contributed by atoms with E-state index in [1.165, 1.54) is 0 Å². The number of hydrogen-bond donors (Lipinski definition) is 0.